The summed E-state index contributed by atoms with van der Waals surface area (Å²) < 4.78 is 36.9. The molecule has 0 aromatic carbocycles. The zero-order valence-electron chi connectivity index (χ0n) is 11.0. The molecule has 0 bridgehead atoms. The largest absolute Gasteiger partial charge is 0.401 e. The zero-order valence-corrected chi connectivity index (χ0v) is 11.8. The van der Waals surface area contributed by atoms with Crippen LogP contribution in [0.15, 0.2) is 6.07 Å². The van der Waals surface area contributed by atoms with Crippen LogP contribution in [0.2, 0.25) is 5.28 Å². The maximum atomic E-state index is 12.3. The van der Waals surface area contributed by atoms with Gasteiger partial charge in [-0.1, -0.05) is 0 Å². The van der Waals surface area contributed by atoms with Gasteiger partial charge in [0.25, 0.3) is 0 Å². The predicted molar refractivity (Wildman–Crippen MR) is 70.9 cm³/mol. The highest BCUT2D eigenvalue weighted by Crippen LogP contribution is 2.23. The van der Waals surface area contributed by atoms with E-state index in [4.69, 9.17) is 11.6 Å². The summed E-state index contributed by atoms with van der Waals surface area (Å²) >= 11 is 5.75. The standard InChI is InChI=1S/C12H16ClF3N4/c1-8-4-10(19-11(13)18-8)17-5-9-2-3-20(6-9)7-12(14,15)16/h4,9H,2-3,5-7H2,1H3,(H,17,18,19). The average molecular weight is 309 g/mol. The molecule has 1 aliphatic rings. The van der Waals surface area contributed by atoms with E-state index >= 15 is 0 Å². The molecule has 1 N–H and O–H groups in total. The molecule has 2 rings (SSSR count). The van der Waals surface area contributed by atoms with Gasteiger partial charge >= 0.3 is 6.18 Å². The van der Waals surface area contributed by atoms with Crippen LogP contribution in [-0.2, 0) is 0 Å². The molecule has 0 radical (unpaired) electrons. The summed E-state index contributed by atoms with van der Waals surface area (Å²) in [6.07, 6.45) is -3.37. The summed E-state index contributed by atoms with van der Waals surface area (Å²) in [5, 5.41) is 3.27. The van der Waals surface area contributed by atoms with Gasteiger partial charge in [0, 0.05) is 24.8 Å². The second kappa shape index (κ2) is 6.13. The fraction of sp³-hybridized carbons (Fsp3) is 0.667. The maximum Gasteiger partial charge on any atom is 0.401 e. The Labute approximate surface area is 120 Å². The van der Waals surface area contributed by atoms with Crippen molar-refractivity contribution in [1.82, 2.24) is 14.9 Å². The van der Waals surface area contributed by atoms with Crippen LogP contribution >= 0.6 is 11.6 Å². The molecule has 1 aliphatic heterocycles. The monoisotopic (exact) mass is 308 g/mol. The van der Waals surface area contributed by atoms with Gasteiger partial charge in [0.2, 0.25) is 5.28 Å². The maximum absolute atomic E-state index is 12.3. The Hall–Kier alpha value is -1.08. The first-order valence-electron chi connectivity index (χ1n) is 6.36. The lowest BCUT2D eigenvalue weighted by atomic mass is 10.1. The summed E-state index contributed by atoms with van der Waals surface area (Å²) in [6, 6.07) is 1.76. The fourth-order valence-electron chi connectivity index (χ4n) is 2.35. The van der Waals surface area contributed by atoms with Gasteiger partial charge in [-0.3, -0.25) is 4.90 Å². The molecule has 8 heteroatoms. The Morgan fingerprint density at radius 2 is 2.20 bits per heavy atom. The minimum atomic E-state index is -4.13. The normalized spacial score (nSPS) is 20.4. The summed E-state index contributed by atoms with van der Waals surface area (Å²) in [7, 11) is 0. The number of alkyl halides is 3. The van der Waals surface area contributed by atoms with Crippen LogP contribution in [0.3, 0.4) is 0 Å². The van der Waals surface area contributed by atoms with Gasteiger partial charge in [-0.2, -0.15) is 13.2 Å². The van der Waals surface area contributed by atoms with E-state index < -0.39 is 12.7 Å². The first-order valence-corrected chi connectivity index (χ1v) is 6.74. The molecule has 1 fully saturated rings. The van der Waals surface area contributed by atoms with E-state index in [-0.39, 0.29) is 11.2 Å². The molecular formula is C12H16ClF3N4. The van der Waals surface area contributed by atoms with Crippen molar-refractivity contribution in [1.29, 1.82) is 0 Å². The third-order valence-corrected chi connectivity index (χ3v) is 3.34. The highest BCUT2D eigenvalue weighted by atomic mass is 35.5. The van der Waals surface area contributed by atoms with Gasteiger partial charge in [-0.25, -0.2) is 9.97 Å². The Bertz CT molecular complexity index is 446. The lowest BCUT2D eigenvalue weighted by Gasteiger charge is -2.18. The number of likely N-dealkylation sites (tertiary alicyclic amines) is 1. The fourth-order valence-corrected chi connectivity index (χ4v) is 2.57. The summed E-state index contributed by atoms with van der Waals surface area (Å²) in [5.41, 5.74) is 0.748. The number of hydrogen-bond donors (Lipinski definition) is 1. The Kier molecular flexibility index (Phi) is 4.70. The third-order valence-electron chi connectivity index (χ3n) is 3.17. The van der Waals surface area contributed by atoms with Crippen molar-refractivity contribution in [3.8, 4) is 0 Å². The van der Waals surface area contributed by atoms with Gasteiger partial charge in [0.05, 0.1) is 6.54 Å². The Balaban J connectivity index is 1.81. The molecule has 1 unspecified atom stereocenters. The molecule has 0 amide bonds. The molecular weight excluding hydrogens is 293 g/mol. The molecule has 0 spiro atoms. The van der Waals surface area contributed by atoms with E-state index in [1.807, 2.05) is 0 Å². The SMILES string of the molecule is Cc1cc(NCC2CCN(CC(F)(F)F)C2)nc(Cl)n1. The molecule has 1 atom stereocenters. The minimum Gasteiger partial charge on any atom is -0.370 e. The molecule has 1 saturated heterocycles. The average Bonchev–Trinajstić information content (AvgIpc) is 2.70. The molecule has 4 nitrogen and oxygen atoms in total. The number of halogens is 4. The topological polar surface area (TPSA) is 41.0 Å². The number of aryl methyl sites for hydroxylation is 1. The van der Waals surface area contributed by atoms with Crippen molar-refractivity contribution in [2.45, 2.75) is 19.5 Å². The molecule has 1 aromatic heterocycles. The molecule has 2 heterocycles. The van der Waals surface area contributed by atoms with Crippen LogP contribution in [0.1, 0.15) is 12.1 Å². The summed E-state index contributed by atoms with van der Waals surface area (Å²) in [4.78, 5) is 9.41. The Morgan fingerprint density at radius 1 is 1.45 bits per heavy atom. The van der Waals surface area contributed by atoms with E-state index in [0.29, 0.717) is 25.5 Å². The van der Waals surface area contributed by atoms with E-state index in [9.17, 15) is 13.2 Å². The van der Waals surface area contributed by atoms with Crippen molar-refractivity contribution in [2.24, 2.45) is 5.92 Å². The van der Waals surface area contributed by atoms with Gasteiger partial charge < -0.3 is 5.32 Å². The van der Waals surface area contributed by atoms with Crippen LogP contribution in [0.4, 0.5) is 19.0 Å². The van der Waals surface area contributed by atoms with Crippen LogP contribution < -0.4 is 5.32 Å². The van der Waals surface area contributed by atoms with E-state index in [0.717, 1.165) is 12.1 Å². The zero-order chi connectivity index (χ0) is 14.8. The molecule has 112 valence electrons. The first kappa shape index (κ1) is 15.3. The molecule has 0 saturated carbocycles. The lowest BCUT2D eigenvalue weighted by Crippen LogP contribution is -2.33. The number of nitrogens with one attached hydrogen (secondary N) is 1. The highest BCUT2D eigenvalue weighted by molar-refractivity contribution is 6.28. The van der Waals surface area contributed by atoms with Crippen molar-refractivity contribution in [3.63, 3.8) is 0 Å². The molecule has 0 aliphatic carbocycles. The van der Waals surface area contributed by atoms with E-state index in [2.05, 4.69) is 15.3 Å². The van der Waals surface area contributed by atoms with Crippen molar-refractivity contribution in [3.05, 3.63) is 17.0 Å². The summed E-state index contributed by atoms with van der Waals surface area (Å²) in [6.45, 7) is 2.49. The highest BCUT2D eigenvalue weighted by Gasteiger charge is 2.34. The number of aromatic nitrogens is 2. The summed E-state index contributed by atoms with van der Waals surface area (Å²) in [5.74, 6) is 0.795. The quantitative estimate of drug-likeness (QED) is 0.868. The number of anilines is 1. The van der Waals surface area contributed by atoms with Crippen molar-refractivity contribution >= 4 is 17.4 Å². The number of nitrogens with zero attached hydrogens (tertiary/aromatic N) is 3. The van der Waals surface area contributed by atoms with Crippen LogP contribution in [0, 0.1) is 12.8 Å². The lowest BCUT2D eigenvalue weighted by molar-refractivity contribution is -0.143. The number of hydrogen-bond acceptors (Lipinski definition) is 4. The van der Waals surface area contributed by atoms with E-state index in [1.54, 1.807) is 13.0 Å². The minimum absolute atomic E-state index is 0.164. The van der Waals surface area contributed by atoms with Gasteiger partial charge in [-0.05, 0) is 37.4 Å². The number of rotatable bonds is 4. The van der Waals surface area contributed by atoms with Gasteiger partial charge in [0.15, 0.2) is 0 Å². The molecule has 20 heavy (non-hydrogen) atoms. The van der Waals surface area contributed by atoms with Crippen molar-refractivity contribution in [2.75, 3.05) is 31.5 Å². The smallest absolute Gasteiger partial charge is 0.370 e. The van der Waals surface area contributed by atoms with Crippen LogP contribution in [0.5, 0.6) is 0 Å². The second-order valence-corrected chi connectivity index (χ2v) is 5.39. The van der Waals surface area contributed by atoms with E-state index in [1.165, 1.54) is 4.90 Å². The van der Waals surface area contributed by atoms with Crippen LogP contribution in [-0.4, -0.2) is 47.2 Å². The van der Waals surface area contributed by atoms with Gasteiger partial charge in [-0.15, -0.1) is 0 Å². The van der Waals surface area contributed by atoms with Gasteiger partial charge in [0.1, 0.15) is 5.82 Å². The first-order chi connectivity index (χ1) is 9.32. The third kappa shape index (κ3) is 4.79. The second-order valence-electron chi connectivity index (χ2n) is 5.05. The Morgan fingerprint density at radius 3 is 2.85 bits per heavy atom. The molecule has 1 aromatic rings. The predicted octanol–water partition coefficient (Wildman–Crippen LogP) is 2.73. The van der Waals surface area contributed by atoms with Crippen LogP contribution in [0.25, 0.3) is 0 Å². The van der Waals surface area contributed by atoms with Crippen molar-refractivity contribution < 1.29 is 13.2 Å².